The summed E-state index contributed by atoms with van der Waals surface area (Å²) >= 11 is 0. The van der Waals surface area contributed by atoms with Gasteiger partial charge in [0.15, 0.2) is 0 Å². The molecule has 0 spiro atoms. The highest BCUT2D eigenvalue weighted by Crippen LogP contribution is 2.35. The first-order chi connectivity index (χ1) is 13.1. The van der Waals surface area contributed by atoms with E-state index in [-0.39, 0.29) is 0 Å². The van der Waals surface area contributed by atoms with Gasteiger partial charge in [-0.1, -0.05) is 30.3 Å². The minimum absolute atomic E-state index is 1.11. The van der Waals surface area contributed by atoms with Gasteiger partial charge in [0.2, 0.25) is 11.0 Å². The maximum absolute atomic E-state index is 3.70. The highest BCUT2D eigenvalue weighted by atomic mass is 15.0. The lowest BCUT2D eigenvalue weighted by molar-refractivity contribution is -0.616. The molecule has 5 aromatic rings. The molecule has 0 atom stereocenters. The van der Waals surface area contributed by atoms with Crippen LogP contribution in [0.5, 0.6) is 0 Å². The minimum atomic E-state index is 1.11. The van der Waals surface area contributed by atoms with Gasteiger partial charge in [0.1, 0.15) is 12.6 Å². The van der Waals surface area contributed by atoms with E-state index in [0.717, 1.165) is 22.4 Å². The van der Waals surface area contributed by atoms with Crippen LogP contribution in [0.15, 0.2) is 66.7 Å². The molecule has 0 unspecified atom stereocenters. The summed E-state index contributed by atoms with van der Waals surface area (Å²) in [6.07, 6.45) is 0. The van der Waals surface area contributed by atoms with E-state index in [2.05, 4.69) is 102 Å². The third-order valence-corrected chi connectivity index (χ3v) is 5.58. The van der Waals surface area contributed by atoms with E-state index < -0.39 is 0 Å². The zero-order valence-electron chi connectivity index (χ0n) is 15.8. The van der Waals surface area contributed by atoms with Crippen LogP contribution in [0.25, 0.3) is 32.8 Å². The summed E-state index contributed by atoms with van der Waals surface area (Å²) in [5.41, 5.74) is 9.54. The summed E-state index contributed by atoms with van der Waals surface area (Å²) in [5.74, 6) is 0. The molecule has 3 nitrogen and oxygen atoms in total. The summed E-state index contributed by atoms with van der Waals surface area (Å²) < 4.78 is 2.29. The largest absolute Gasteiger partial charge is 0.353 e. The van der Waals surface area contributed by atoms with Crippen molar-refractivity contribution in [2.75, 3.05) is 5.32 Å². The van der Waals surface area contributed by atoms with Crippen molar-refractivity contribution < 1.29 is 4.57 Å². The first-order valence-electron chi connectivity index (χ1n) is 9.29. The van der Waals surface area contributed by atoms with Gasteiger partial charge in [-0.05, 0) is 55.3 Å². The molecule has 0 fully saturated rings. The summed E-state index contributed by atoms with van der Waals surface area (Å²) in [5, 5.41) is 6.15. The first-order valence-corrected chi connectivity index (χ1v) is 9.29. The SMILES string of the molecule is Cc1ccc(Nc2c3ccccc3[n+](C)c3c2[nH]c2ccccc23)cc1C. The number of benzene rings is 3. The molecule has 3 heteroatoms. The number of aromatic nitrogens is 2. The molecule has 27 heavy (non-hydrogen) atoms. The van der Waals surface area contributed by atoms with E-state index in [9.17, 15) is 0 Å². The van der Waals surface area contributed by atoms with Crippen LogP contribution in [0.2, 0.25) is 0 Å². The van der Waals surface area contributed by atoms with Crippen molar-refractivity contribution in [3.63, 3.8) is 0 Å². The second kappa shape index (κ2) is 5.85. The number of nitrogens with zero attached hydrogens (tertiary/aromatic N) is 1. The normalized spacial score (nSPS) is 11.5. The lowest BCUT2D eigenvalue weighted by Gasteiger charge is -2.12. The van der Waals surface area contributed by atoms with Gasteiger partial charge in [-0.3, -0.25) is 0 Å². The molecule has 0 amide bonds. The van der Waals surface area contributed by atoms with Gasteiger partial charge in [0.05, 0.1) is 22.0 Å². The van der Waals surface area contributed by atoms with Crippen molar-refractivity contribution >= 4 is 44.2 Å². The quantitative estimate of drug-likeness (QED) is 0.395. The Balaban J connectivity index is 1.88. The highest BCUT2D eigenvalue weighted by molar-refractivity contribution is 6.13. The predicted octanol–water partition coefficient (Wildman–Crippen LogP) is 5.66. The number of para-hydroxylation sites is 2. The lowest BCUT2D eigenvalue weighted by Crippen LogP contribution is -2.30. The fourth-order valence-corrected chi connectivity index (χ4v) is 3.98. The standard InChI is InChI=1S/C24H21N3/c1-15-12-13-17(14-16(15)2)25-22-19-9-5-7-11-21(19)27(3)24-18-8-4-6-10-20(18)26-23(22)24/h4-14H,1-3H3,(H,25,26)/p+1. The average molecular weight is 352 g/mol. The third kappa shape index (κ3) is 2.39. The van der Waals surface area contributed by atoms with Gasteiger partial charge in [0, 0.05) is 11.8 Å². The minimum Gasteiger partial charge on any atom is -0.353 e. The van der Waals surface area contributed by atoms with Crippen molar-refractivity contribution in [2.24, 2.45) is 7.05 Å². The highest BCUT2D eigenvalue weighted by Gasteiger charge is 2.22. The number of nitrogens with one attached hydrogen (secondary N) is 2. The molecule has 0 aliphatic rings. The van der Waals surface area contributed by atoms with Crippen molar-refractivity contribution in [3.05, 3.63) is 77.9 Å². The van der Waals surface area contributed by atoms with Crippen LogP contribution >= 0.6 is 0 Å². The Bertz CT molecular complexity index is 1330. The topological polar surface area (TPSA) is 31.7 Å². The van der Waals surface area contributed by atoms with Gasteiger partial charge >= 0.3 is 0 Å². The van der Waals surface area contributed by atoms with Crippen LogP contribution in [-0.2, 0) is 7.05 Å². The summed E-state index contributed by atoms with van der Waals surface area (Å²) in [7, 11) is 2.14. The van der Waals surface area contributed by atoms with E-state index in [1.807, 2.05) is 0 Å². The molecule has 0 radical (unpaired) electrons. The van der Waals surface area contributed by atoms with Crippen LogP contribution in [0.1, 0.15) is 11.1 Å². The molecular weight excluding hydrogens is 330 g/mol. The number of H-pyrrole nitrogens is 1. The van der Waals surface area contributed by atoms with Crippen molar-refractivity contribution in [1.82, 2.24) is 4.98 Å². The van der Waals surface area contributed by atoms with Crippen molar-refractivity contribution in [2.45, 2.75) is 13.8 Å². The Morgan fingerprint density at radius 3 is 2.37 bits per heavy atom. The van der Waals surface area contributed by atoms with E-state index in [1.165, 1.54) is 32.9 Å². The second-order valence-electron chi connectivity index (χ2n) is 7.27. The molecule has 5 rings (SSSR count). The maximum Gasteiger partial charge on any atom is 0.240 e. The third-order valence-electron chi connectivity index (χ3n) is 5.58. The Hall–Kier alpha value is -3.33. The lowest BCUT2D eigenvalue weighted by atomic mass is 10.1. The molecule has 2 aromatic heterocycles. The van der Waals surface area contributed by atoms with Crippen LogP contribution < -0.4 is 9.88 Å². The fourth-order valence-electron chi connectivity index (χ4n) is 3.98. The van der Waals surface area contributed by atoms with E-state index in [1.54, 1.807) is 0 Å². The maximum atomic E-state index is 3.70. The number of anilines is 2. The Labute approximate surface area is 158 Å². The summed E-state index contributed by atoms with van der Waals surface area (Å²) in [6.45, 7) is 4.30. The van der Waals surface area contributed by atoms with Gasteiger partial charge in [-0.2, -0.15) is 4.57 Å². The Kier molecular flexibility index (Phi) is 3.44. The monoisotopic (exact) mass is 352 g/mol. The number of hydrogen-bond donors (Lipinski definition) is 2. The number of rotatable bonds is 2. The van der Waals surface area contributed by atoms with Gasteiger partial charge < -0.3 is 10.3 Å². The smallest absolute Gasteiger partial charge is 0.240 e. The molecule has 0 saturated carbocycles. The van der Waals surface area contributed by atoms with Gasteiger partial charge in [-0.25, -0.2) is 0 Å². The van der Waals surface area contributed by atoms with E-state index in [4.69, 9.17) is 0 Å². The van der Waals surface area contributed by atoms with Crippen LogP contribution in [0.4, 0.5) is 11.4 Å². The number of aromatic amines is 1. The van der Waals surface area contributed by atoms with E-state index in [0.29, 0.717) is 0 Å². The molecule has 132 valence electrons. The predicted molar refractivity (Wildman–Crippen MR) is 114 cm³/mol. The first kappa shape index (κ1) is 15.9. The average Bonchev–Trinajstić information content (AvgIpc) is 3.07. The molecule has 0 bridgehead atoms. The molecule has 0 aliphatic heterocycles. The van der Waals surface area contributed by atoms with Crippen LogP contribution in [-0.4, -0.2) is 4.98 Å². The van der Waals surface area contributed by atoms with Crippen LogP contribution in [0, 0.1) is 13.8 Å². The molecular formula is C24H22N3+. The fraction of sp³-hybridized carbons (Fsp3) is 0.125. The molecule has 0 aliphatic carbocycles. The van der Waals surface area contributed by atoms with E-state index >= 15 is 0 Å². The summed E-state index contributed by atoms with van der Waals surface area (Å²) in [4.78, 5) is 3.64. The Morgan fingerprint density at radius 1 is 0.815 bits per heavy atom. The Morgan fingerprint density at radius 2 is 1.56 bits per heavy atom. The summed E-state index contributed by atoms with van der Waals surface area (Å²) in [6, 6.07) is 23.6. The van der Waals surface area contributed by atoms with Gasteiger partial charge in [0.25, 0.3) is 0 Å². The second-order valence-corrected chi connectivity index (χ2v) is 7.27. The van der Waals surface area contributed by atoms with Crippen LogP contribution in [0.3, 0.4) is 0 Å². The molecule has 2 heterocycles. The van der Waals surface area contributed by atoms with Crippen molar-refractivity contribution in [3.8, 4) is 0 Å². The molecule has 0 saturated heterocycles. The zero-order chi connectivity index (χ0) is 18.5. The van der Waals surface area contributed by atoms with Gasteiger partial charge in [-0.15, -0.1) is 0 Å². The number of pyridine rings is 1. The number of fused-ring (bicyclic) bond motifs is 4. The molecule has 2 N–H and O–H groups in total. The molecule has 3 aromatic carbocycles. The zero-order valence-corrected chi connectivity index (χ0v) is 15.8. The number of aryl methyl sites for hydroxylation is 3. The number of hydrogen-bond acceptors (Lipinski definition) is 1. The van der Waals surface area contributed by atoms with Crippen molar-refractivity contribution in [1.29, 1.82) is 0 Å².